The lowest BCUT2D eigenvalue weighted by atomic mass is 10.1. The number of ether oxygens (including phenoxy) is 1. The first-order valence-electron chi connectivity index (χ1n) is 8.38. The van der Waals surface area contributed by atoms with Gasteiger partial charge in [-0.25, -0.2) is 13.4 Å². The number of methoxy groups -OCH3 is 1. The van der Waals surface area contributed by atoms with Crippen LogP contribution in [0.5, 0.6) is 5.75 Å². The van der Waals surface area contributed by atoms with Crippen LogP contribution < -0.4 is 4.74 Å². The van der Waals surface area contributed by atoms with Crippen LogP contribution in [0.3, 0.4) is 0 Å². The zero-order valence-corrected chi connectivity index (χ0v) is 16.6. The van der Waals surface area contributed by atoms with Gasteiger partial charge in [-0.05, 0) is 44.0 Å². The first kappa shape index (κ1) is 20.1. The van der Waals surface area contributed by atoms with Gasteiger partial charge in [-0.3, -0.25) is 9.89 Å². The fraction of sp³-hybridized carbons (Fsp3) is 0.500. The first-order valence-corrected chi connectivity index (χ1v) is 10.0. The number of benzene rings is 1. The van der Waals surface area contributed by atoms with Crippen LogP contribution in [0.2, 0.25) is 0 Å². The smallest absolute Gasteiger partial charge is 0.181 e. The third-order valence-electron chi connectivity index (χ3n) is 4.21. The molecule has 0 spiro atoms. The molecule has 2 aromatic rings. The summed E-state index contributed by atoms with van der Waals surface area (Å²) in [6.07, 6.45) is -0.118. The van der Waals surface area contributed by atoms with Crippen LogP contribution in [0.1, 0.15) is 33.5 Å². The number of carbonyl (C=O) groups is 1. The Labute approximate surface area is 154 Å². The fourth-order valence-electron chi connectivity index (χ4n) is 2.43. The summed E-state index contributed by atoms with van der Waals surface area (Å²) in [6, 6.07) is 7.20. The zero-order valence-electron chi connectivity index (χ0n) is 15.7. The largest absolute Gasteiger partial charge is 0.497 e. The minimum atomic E-state index is -3.56. The van der Waals surface area contributed by atoms with Gasteiger partial charge >= 0.3 is 0 Å². The average molecular weight is 379 g/mol. The Hall–Kier alpha value is -2.22. The summed E-state index contributed by atoms with van der Waals surface area (Å²) in [7, 11) is -1.97. The number of rotatable bonds is 8. The Kier molecular flexibility index (Phi) is 5.85. The van der Waals surface area contributed by atoms with E-state index in [1.54, 1.807) is 19.2 Å². The molecule has 1 aromatic heterocycles. The molecule has 0 saturated heterocycles. The maximum absolute atomic E-state index is 12.6. The summed E-state index contributed by atoms with van der Waals surface area (Å²) in [4.78, 5) is 16.9. The number of carbonyl (C=O) groups excluding carboxylic acids is 1. The summed E-state index contributed by atoms with van der Waals surface area (Å²) < 4.78 is 28.6. The fourth-order valence-corrected chi connectivity index (χ4v) is 4.14. The molecule has 0 bridgehead atoms. The molecule has 0 unspecified atom stereocenters. The Balaban J connectivity index is 2.16. The van der Waals surface area contributed by atoms with Crippen LogP contribution >= 0.6 is 0 Å². The topological polar surface area (TPSA) is 102 Å². The highest BCUT2D eigenvalue weighted by Crippen LogP contribution is 2.23. The van der Waals surface area contributed by atoms with Crippen LogP contribution in [-0.4, -0.2) is 47.0 Å². The first-order chi connectivity index (χ1) is 12.1. The molecule has 0 radical (unpaired) electrons. The van der Waals surface area contributed by atoms with E-state index in [1.807, 2.05) is 26.0 Å². The van der Waals surface area contributed by atoms with Crippen molar-refractivity contribution < 1.29 is 17.9 Å². The number of ketones is 1. The highest BCUT2D eigenvalue weighted by molar-refractivity contribution is 7.93. The molecule has 0 saturated carbocycles. The van der Waals surface area contributed by atoms with Crippen LogP contribution in [-0.2, 0) is 21.1 Å². The third kappa shape index (κ3) is 4.30. The second-order valence-corrected chi connectivity index (χ2v) is 9.70. The van der Waals surface area contributed by atoms with Gasteiger partial charge in [0.05, 0.1) is 19.3 Å². The molecule has 142 valence electrons. The number of sulfone groups is 1. The van der Waals surface area contributed by atoms with E-state index >= 15 is 0 Å². The van der Waals surface area contributed by atoms with Crippen molar-refractivity contribution in [1.82, 2.24) is 15.2 Å². The quantitative estimate of drug-likeness (QED) is 0.756. The van der Waals surface area contributed by atoms with Crippen molar-refractivity contribution in [2.24, 2.45) is 5.92 Å². The molecule has 1 heterocycles. The minimum absolute atomic E-state index is 0.0285. The number of H-pyrrole nitrogens is 1. The van der Waals surface area contributed by atoms with Crippen molar-refractivity contribution in [1.29, 1.82) is 0 Å². The Morgan fingerprint density at radius 3 is 2.38 bits per heavy atom. The van der Waals surface area contributed by atoms with Crippen LogP contribution in [0.4, 0.5) is 0 Å². The van der Waals surface area contributed by atoms with Gasteiger partial charge in [0.25, 0.3) is 0 Å². The van der Waals surface area contributed by atoms with Crippen molar-refractivity contribution in [2.45, 2.75) is 38.9 Å². The predicted octanol–water partition coefficient (Wildman–Crippen LogP) is 2.44. The standard InChI is InChI=1S/C18H25N3O4S/c1-12(2)11-26(23,24)18(3,4)15(22)10-16-19-17(21-20-16)13-6-8-14(25-5)9-7-13/h6-9,12H,10-11H2,1-5H3,(H,19,20,21). The number of hydrogen-bond donors (Lipinski definition) is 1. The van der Waals surface area contributed by atoms with Gasteiger partial charge in [0.1, 0.15) is 16.3 Å². The molecule has 0 aliphatic rings. The summed E-state index contributed by atoms with van der Waals surface area (Å²) in [6.45, 7) is 6.53. The molecule has 8 heteroatoms. The van der Waals surface area contributed by atoms with Crippen molar-refractivity contribution in [3.8, 4) is 17.1 Å². The maximum atomic E-state index is 12.6. The van der Waals surface area contributed by atoms with Gasteiger partial charge < -0.3 is 4.74 Å². The number of nitrogens with one attached hydrogen (secondary N) is 1. The molecule has 1 N–H and O–H groups in total. The van der Waals surface area contributed by atoms with E-state index in [1.165, 1.54) is 13.8 Å². The van der Waals surface area contributed by atoms with Gasteiger partial charge in [-0.2, -0.15) is 5.10 Å². The molecular weight excluding hydrogens is 354 g/mol. The van der Waals surface area contributed by atoms with Gasteiger partial charge in [-0.1, -0.05) is 13.8 Å². The van der Waals surface area contributed by atoms with E-state index in [2.05, 4.69) is 15.2 Å². The van der Waals surface area contributed by atoms with Crippen LogP contribution in [0, 0.1) is 5.92 Å². The van der Waals surface area contributed by atoms with Gasteiger partial charge in [0, 0.05) is 5.56 Å². The normalized spacial score (nSPS) is 12.4. The van der Waals surface area contributed by atoms with Crippen molar-refractivity contribution in [2.75, 3.05) is 12.9 Å². The number of aromatic amines is 1. The number of aromatic nitrogens is 3. The Morgan fingerprint density at radius 2 is 1.85 bits per heavy atom. The molecule has 7 nitrogen and oxygen atoms in total. The van der Waals surface area contributed by atoms with Crippen molar-refractivity contribution in [3.05, 3.63) is 30.1 Å². The van der Waals surface area contributed by atoms with E-state index in [0.717, 1.165) is 11.3 Å². The second-order valence-electron chi connectivity index (χ2n) is 7.12. The number of nitrogens with zero attached hydrogens (tertiary/aromatic N) is 2. The molecule has 2 rings (SSSR count). The van der Waals surface area contributed by atoms with Crippen LogP contribution in [0.25, 0.3) is 11.4 Å². The summed E-state index contributed by atoms with van der Waals surface area (Å²) in [5.74, 6) is 1.03. The lowest BCUT2D eigenvalue weighted by Crippen LogP contribution is -2.44. The number of Topliss-reactive ketones (excluding diaryl/α,β-unsaturated/α-hetero) is 1. The molecular formula is C18H25N3O4S. The van der Waals surface area contributed by atoms with Gasteiger partial charge in [-0.15, -0.1) is 0 Å². The molecule has 1 aromatic carbocycles. The Bertz CT molecular complexity index is 868. The van der Waals surface area contributed by atoms with Crippen molar-refractivity contribution >= 4 is 15.6 Å². The molecule has 0 atom stereocenters. The third-order valence-corrected chi connectivity index (χ3v) is 7.10. The molecule has 0 aliphatic carbocycles. The van der Waals surface area contributed by atoms with E-state index in [-0.39, 0.29) is 18.1 Å². The van der Waals surface area contributed by atoms with Crippen molar-refractivity contribution in [3.63, 3.8) is 0 Å². The molecule has 0 aliphatic heterocycles. The SMILES string of the molecule is COc1ccc(-c2n[nH]c(CC(=O)C(C)(C)S(=O)(=O)CC(C)C)n2)cc1. The Morgan fingerprint density at radius 1 is 1.23 bits per heavy atom. The van der Waals surface area contributed by atoms with Gasteiger partial charge in [0.15, 0.2) is 21.4 Å². The minimum Gasteiger partial charge on any atom is -0.497 e. The predicted molar refractivity (Wildman–Crippen MR) is 99.8 cm³/mol. The lowest BCUT2D eigenvalue weighted by molar-refractivity contribution is -0.120. The lowest BCUT2D eigenvalue weighted by Gasteiger charge is -2.24. The molecule has 0 fully saturated rings. The molecule has 26 heavy (non-hydrogen) atoms. The van der Waals surface area contributed by atoms with E-state index in [0.29, 0.717) is 11.6 Å². The van der Waals surface area contributed by atoms with E-state index in [4.69, 9.17) is 4.74 Å². The summed E-state index contributed by atoms with van der Waals surface area (Å²) in [5, 5.41) is 6.83. The maximum Gasteiger partial charge on any atom is 0.181 e. The summed E-state index contributed by atoms with van der Waals surface area (Å²) >= 11 is 0. The average Bonchev–Trinajstić information content (AvgIpc) is 3.02. The molecule has 0 amide bonds. The number of hydrogen-bond acceptors (Lipinski definition) is 6. The van der Waals surface area contributed by atoms with E-state index < -0.39 is 20.4 Å². The summed E-state index contributed by atoms with van der Waals surface area (Å²) in [5.41, 5.74) is 0.771. The van der Waals surface area contributed by atoms with E-state index in [9.17, 15) is 13.2 Å². The highest BCUT2D eigenvalue weighted by atomic mass is 32.2. The second kappa shape index (κ2) is 7.57. The van der Waals surface area contributed by atoms with Crippen LogP contribution in [0.15, 0.2) is 24.3 Å². The van der Waals surface area contributed by atoms with Gasteiger partial charge in [0.2, 0.25) is 0 Å². The monoisotopic (exact) mass is 379 g/mol. The zero-order chi connectivity index (χ0) is 19.5. The highest BCUT2D eigenvalue weighted by Gasteiger charge is 2.41.